The molecule has 1 fully saturated rings. The van der Waals surface area contributed by atoms with Gasteiger partial charge in [-0.05, 0) is 56.2 Å². The highest BCUT2D eigenvalue weighted by Crippen LogP contribution is 2.35. The van der Waals surface area contributed by atoms with E-state index in [0.717, 1.165) is 11.3 Å². The number of aromatic nitrogens is 2. The standard InChI is InChI=1S/C27H33N3O5/c1-17-29-30-25(32-17)35-21-13-9-19(10-14-21)27(5,6)18-7-11-20(12-8-18)33-22-15-23(16-22)34-24(31)28-26(2,3)4/h7-14,22-23H,15-16H2,1-6H3,(H,28,31). The summed E-state index contributed by atoms with van der Waals surface area (Å²) in [7, 11) is 0. The van der Waals surface area contributed by atoms with Crippen LogP contribution in [0.1, 0.15) is 64.5 Å². The van der Waals surface area contributed by atoms with Crippen LogP contribution in [0, 0.1) is 6.92 Å². The predicted molar refractivity (Wildman–Crippen MR) is 131 cm³/mol. The van der Waals surface area contributed by atoms with Crippen LogP contribution in [-0.4, -0.2) is 34.0 Å². The van der Waals surface area contributed by atoms with Crippen molar-refractivity contribution in [1.82, 2.24) is 15.5 Å². The van der Waals surface area contributed by atoms with E-state index in [1.165, 1.54) is 5.56 Å². The molecule has 1 saturated carbocycles. The second kappa shape index (κ2) is 9.60. The zero-order valence-electron chi connectivity index (χ0n) is 21.1. The first-order valence-electron chi connectivity index (χ1n) is 11.8. The Morgan fingerprint density at radius 1 is 0.886 bits per heavy atom. The number of amides is 1. The molecule has 0 aliphatic heterocycles. The van der Waals surface area contributed by atoms with Crippen LogP contribution in [0.3, 0.4) is 0 Å². The van der Waals surface area contributed by atoms with Crippen molar-refractivity contribution in [2.24, 2.45) is 0 Å². The largest absolute Gasteiger partial charge is 0.490 e. The van der Waals surface area contributed by atoms with E-state index in [9.17, 15) is 4.79 Å². The van der Waals surface area contributed by atoms with Gasteiger partial charge in [-0.15, -0.1) is 5.10 Å². The lowest BCUT2D eigenvalue weighted by molar-refractivity contribution is -0.0243. The van der Waals surface area contributed by atoms with Gasteiger partial charge in [-0.3, -0.25) is 0 Å². The average molecular weight is 480 g/mol. The van der Waals surface area contributed by atoms with Gasteiger partial charge in [-0.2, -0.15) is 0 Å². The molecule has 1 amide bonds. The highest BCUT2D eigenvalue weighted by Gasteiger charge is 2.34. The van der Waals surface area contributed by atoms with Crippen molar-refractivity contribution in [2.45, 2.75) is 77.5 Å². The van der Waals surface area contributed by atoms with Crippen molar-refractivity contribution in [1.29, 1.82) is 0 Å². The molecule has 0 unspecified atom stereocenters. The highest BCUT2D eigenvalue weighted by atomic mass is 16.6. The number of benzene rings is 2. The summed E-state index contributed by atoms with van der Waals surface area (Å²) in [6.07, 6.45) is 1.09. The summed E-state index contributed by atoms with van der Waals surface area (Å²) in [5.74, 6) is 1.90. The van der Waals surface area contributed by atoms with Gasteiger partial charge in [-0.1, -0.05) is 43.2 Å². The number of alkyl carbamates (subject to hydrolysis) is 1. The van der Waals surface area contributed by atoms with Crippen molar-refractivity contribution >= 4 is 6.09 Å². The molecule has 1 heterocycles. The number of hydrogen-bond acceptors (Lipinski definition) is 7. The third-order valence-corrected chi connectivity index (χ3v) is 5.97. The molecule has 1 N–H and O–H groups in total. The first kappa shape index (κ1) is 24.6. The minimum atomic E-state index is -0.378. The van der Waals surface area contributed by atoms with Gasteiger partial charge in [0.05, 0.1) is 0 Å². The van der Waals surface area contributed by atoms with Gasteiger partial charge < -0.3 is 23.9 Å². The van der Waals surface area contributed by atoms with Crippen molar-refractivity contribution in [2.75, 3.05) is 0 Å². The van der Waals surface area contributed by atoms with Crippen LogP contribution in [-0.2, 0) is 10.2 Å². The second-order valence-corrected chi connectivity index (χ2v) is 10.5. The average Bonchev–Trinajstić information content (AvgIpc) is 3.16. The molecule has 2 aromatic carbocycles. The van der Waals surface area contributed by atoms with Crippen LogP contribution >= 0.6 is 0 Å². The van der Waals surface area contributed by atoms with E-state index in [1.54, 1.807) is 6.92 Å². The molecule has 8 heteroatoms. The van der Waals surface area contributed by atoms with Crippen LogP contribution in [0.15, 0.2) is 52.9 Å². The number of ether oxygens (including phenoxy) is 3. The number of rotatable bonds is 7. The highest BCUT2D eigenvalue weighted by molar-refractivity contribution is 5.68. The van der Waals surface area contributed by atoms with Crippen molar-refractivity contribution in [3.8, 4) is 17.6 Å². The van der Waals surface area contributed by atoms with Gasteiger partial charge >= 0.3 is 12.2 Å². The van der Waals surface area contributed by atoms with E-state index in [2.05, 4.69) is 41.5 Å². The Morgan fingerprint density at radius 3 is 1.97 bits per heavy atom. The van der Waals surface area contributed by atoms with Gasteiger partial charge in [0.25, 0.3) is 0 Å². The molecule has 0 saturated heterocycles. The van der Waals surface area contributed by atoms with E-state index in [1.807, 2.05) is 57.2 Å². The lowest BCUT2D eigenvalue weighted by atomic mass is 9.78. The predicted octanol–water partition coefficient (Wildman–Crippen LogP) is 5.93. The molecular formula is C27H33N3O5. The number of carbonyl (C=O) groups is 1. The normalized spacial score (nSPS) is 17.9. The zero-order chi connectivity index (χ0) is 25.2. The molecule has 1 aliphatic carbocycles. The maximum absolute atomic E-state index is 11.9. The van der Waals surface area contributed by atoms with Crippen molar-refractivity contribution in [3.05, 3.63) is 65.5 Å². The lowest BCUT2D eigenvalue weighted by Crippen LogP contribution is -2.46. The zero-order valence-corrected chi connectivity index (χ0v) is 21.1. The van der Waals surface area contributed by atoms with Gasteiger partial charge in [0.1, 0.15) is 23.7 Å². The summed E-state index contributed by atoms with van der Waals surface area (Å²) in [5, 5.41) is 10.4. The summed E-state index contributed by atoms with van der Waals surface area (Å²) < 4.78 is 22.4. The van der Waals surface area contributed by atoms with Gasteiger partial charge in [0, 0.05) is 30.7 Å². The van der Waals surface area contributed by atoms with Crippen LogP contribution in [0.2, 0.25) is 0 Å². The molecule has 1 aliphatic rings. The molecule has 35 heavy (non-hydrogen) atoms. The SMILES string of the molecule is Cc1nnc(Oc2ccc(C(C)(C)c3ccc(OC4CC(OC(=O)NC(C)(C)C)C4)cc3)cc2)o1. The third kappa shape index (κ3) is 6.32. The summed E-state index contributed by atoms with van der Waals surface area (Å²) in [4.78, 5) is 11.9. The quantitative estimate of drug-likeness (QED) is 0.449. The number of nitrogens with zero attached hydrogens (tertiary/aromatic N) is 2. The fraction of sp³-hybridized carbons (Fsp3) is 0.444. The molecule has 3 aromatic rings. The lowest BCUT2D eigenvalue weighted by Gasteiger charge is -2.35. The van der Waals surface area contributed by atoms with E-state index in [0.29, 0.717) is 24.5 Å². The molecule has 0 atom stereocenters. The molecule has 0 bridgehead atoms. The summed E-state index contributed by atoms with van der Waals surface area (Å²) in [6, 6.07) is 16.0. The summed E-state index contributed by atoms with van der Waals surface area (Å²) >= 11 is 0. The Balaban J connectivity index is 1.30. The van der Waals surface area contributed by atoms with Crippen LogP contribution in [0.25, 0.3) is 0 Å². The van der Waals surface area contributed by atoms with Gasteiger partial charge in [0.2, 0.25) is 5.89 Å². The Morgan fingerprint density at radius 2 is 1.46 bits per heavy atom. The molecule has 186 valence electrons. The monoisotopic (exact) mass is 479 g/mol. The fourth-order valence-corrected chi connectivity index (χ4v) is 3.87. The van der Waals surface area contributed by atoms with E-state index < -0.39 is 0 Å². The summed E-state index contributed by atoms with van der Waals surface area (Å²) in [6.45, 7) is 11.8. The molecule has 1 aromatic heterocycles. The van der Waals surface area contributed by atoms with Gasteiger partial charge in [-0.25, -0.2) is 4.79 Å². The van der Waals surface area contributed by atoms with Crippen molar-refractivity contribution < 1.29 is 23.4 Å². The van der Waals surface area contributed by atoms with E-state index in [4.69, 9.17) is 18.6 Å². The van der Waals surface area contributed by atoms with Crippen LogP contribution < -0.4 is 14.8 Å². The number of nitrogens with one attached hydrogen (secondary N) is 1. The maximum atomic E-state index is 11.9. The topological polar surface area (TPSA) is 95.7 Å². The Kier molecular flexibility index (Phi) is 6.74. The van der Waals surface area contributed by atoms with Gasteiger partial charge in [0.15, 0.2) is 0 Å². The Labute approximate surface area is 206 Å². The third-order valence-electron chi connectivity index (χ3n) is 5.97. The number of hydrogen-bond donors (Lipinski definition) is 1. The molecule has 0 spiro atoms. The molecule has 4 rings (SSSR count). The number of carbonyl (C=O) groups excluding carboxylic acids is 1. The molecule has 0 radical (unpaired) electrons. The molecular weight excluding hydrogens is 446 g/mol. The summed E-state index contributed by atoms with van der Waals surface area (Å²) in [5.41, 5.74) is 1.79. The van der Waals surface area contributed by atoms with Crippen molar-refractivity contribution in [3.63, 3.8) is 0 Å². The fourth-order valence-electron chi connectivity index (χ4n) is 3.87. The van der Waals surface area contributed by atoms with E-state index in [-0.39, 0.29) is 35.3 Å². The van der Waals surface area contributed by atoms with Crippen LogP contribution in [0.4, 0.5) is 4.79 Å². The maximum Gasteiger partial charge on any atom is 0.420 e. The van der Waals surface area contributed by atoms with Crippen LogP contribution in [0.5, 0.6) is 17.6 Å². The van der Waals surface area contributed by atoms with E-state index >= 15 is 0 Å². The first-order valence-corrected chi connectivity index (χ1v) is 11.8. The number of aryl methyl sites for hydroxylation is 1. The first-order chi connectivity index (χ1) is 16.5. The minimum Gasteiger partial charge on any atom is -0.490 e. The minimum absolute atomic E-state index is 0.0523. The molecule has 8 nitrogen and oxygen atoms in total. The smallest absolute Gasteiger partial charge is 0.420 e. The Hall–Kier alpha value is -3.55. The second-order valence-electron chi connectivity index (χ2n) is 10.5. The Bertz CT molecular complexity index is 1140.